The van der Waals surface area contributed by atoms with E-state index in [1.54, 1.807) is 0 Å². The van der Waals surface area contributed by atoms with Gasteiger partial charge in [0.05, 0.1) is 6.04 Å². The van der Waals surface area contributed by atoms with Crippen molar-refractivity contribution in [2.45, 2.75) is 12.5 Å². The van der Waals surface area contributed by atoms with E-state index in [-0.39, 0.29) is 10.7 Å². The fourth-order valence-corrected chi connectivity index (χ4v) is 2.43. The molecule has 16 heavy (non-hydrogen) atoms. The largest absolute Gasteiger partial charge is 0.341 e. The normalized spacial score (nSPS) is 19.8. The zero-order chi connectivity index (χ0) is 11.5. The van der Waals surface area contributed by atoms with Crippen LogP contribution in [0.1, 0.15) is 16.8 Å². The van der Waals surface area contributed by atoms with Crippen molar-refractivity contribution in [3.63, 3.8) is 0 Å². The lowest BCUT2D eigenvalue weighted by molar-refractivity contribution is -0.112. The molecule has 1 N–H and O–H groups in total. The van der Waals surface area contributed by atoms with Crippen LogP contribution in [0.2, 0.25) is 0 Å². The maximum Gasteiger partial charge on any atom is 0.251 e. The molecule has 3 nitrogen and oxygen atoms in total. The Morgan fingerprint density at radius 2 is 2.31 bits per heavy atom. The number of carbonyl (C=O) groups excluding carboxylic acids is 2. The van der Waals surface area contributed by atoms with Crippen molar-refractivity contribution in [1.82, 2.24) is 5.32 Å². The van der Waals surface area contributed by atoms with Crippen molar-refractivity contribution in [2.75, 3.05) is 5.75 Å². The smallest absolute Gasteiger partial charge is 0.251 e. The first-order chi connectivity index (χ1) is 7.66. The van der Waals surface area contributed by atoms with Crippen LogP contribution in [0.3, 0.4) is 0 Å². The number of thioether (sulfide) groups is 1. The Labute approximate surface area is 96.4 Å². The molecule has 0 bridgehead atoms. The zero-order valence-electron chi connectivity index (χ0n) is 8.40. The standard InChI is InChI=1S/C11H10FNO2S/c12-8-3-1-2-7(6-8)10(14)13-9-4-5-16-11(9)15/h1-3,6,9H,4-5H2,(H,13,14). The molecule has 0 aliphatic carbocycles. The average molecular weight is 239 g/mol. The van der Waals surface area contributed by atoms with E-state index in [1.807, 2.05) is 0 Å². The second-order valence-corrected chi connectivity index (χ2v) is 4.59. The summed E-state index contributed by atoms with van der Waals surface area (Å²) in [6, 6.07) is 4.98. The second kappa shape index (κ2) is 4.65. The van der Waals surface area contributed by atoms with Crippen molar-refractivity contribution >= 4 is 22.8 Å². The SMILES string of the molecule is O=C(NC1CCSC1=O)c1cccc(F)c1. The van der Waals surface area contributed by atoms with E-state index in [1.165, 1.54) is 30.0 Å². The molecular weight excluding hydrogens is 229 g/mol. The van der Waals surface area contributed by atoms with E-state index in [2.05, 4.69) is 5.32 Å². The van der Waals surface area contributed by atoms with Crippen molar-refractivity contribution in [2.24, 2.45) is 0 Å². The molecule has 1 saturated heterocycles. The van der Waals surface area contributed by atoms with E-state index < -0.39 is 17.8 Å². The summed E-state index contributed by atoms with van der Waals surface area (Å²) in [7, 11) is 0. The molecule has 5 heteroatoms. The average Bonchev–Trinajstić information content (AvgIpc) is 2.64. The van der Waals surface area contributed by atoms with E-state index in [0.717, 1.165) is 11.8 Å². The molecule has 1 aliphatic rings. The monoisotopic (exact) mass is 239 g/mol. The summed E-state index contributed by atoms with van der Waals surface area (Å²) >= 11 is 1.22. The third-order valence-corrected chi connectivity index (χ3v) is 3.34. The Balaban J connectivity index is 2.05. The molecule has 0 spiro atoms. The zero-order valence-corrected chi connectivity index (χ0v) is 9.22. The third-order valence-electron chi connectivity index (χ3n) is 2.33. The van der Waals surface area contributed by atoms with Crippen molar-refractivity contribution < 1.29 is 14.0 Å². The lowest BCUT2D eigenvalue weighted by atomic mass is 10.2. The van der Waals surface area contributed by atoms with Gasteiger partial charge < -0.3 is 5.32 Å². The number of hydrogen-bond donors (Lipinski definition) is 1. The van der Waals surface area contributed by atoms with E-state index in [9.17, 15) is 14.0 Å². The van der Waals surface area contributed by atoms with Gasteiger partial charge in [-0.3, -0.25) is 9.59 Å². The number of rotatable bonds is 2. The summed E-state index contributed by atoms with van der Waals surface area (Å²) in [4.78, 5) is 22.9. The highest BCUT2D eigenvalue weighted by Gasteiger charge is 2.26. The maximum absolute atomic E-state index is 12.9. The van der Waals surface area contributed by atoms with Crippen molar-refractivity contribution in [3.8, 4) is 0 Å². The first-order valence-corrected chi connectivity index (χ1v) is 5.88. The second-order valence-electron chi connectivity index (χ2n) is 3.49. The Morgan fingerprint density at radius 3 is 2.94 bits per heavy atom. The predicted octanol–water partition coefficient (Wildman–Crippen LogP) is 1.59. The number of hydrogen-bond acceptors (Lipinski definition) is 3. The topological polar surface area (TPSA) is 46.2 Å². The predicted molar refractivity (Wildman–Crippen MR) is 59.7 cm³/mol. The maximum atomic E-state index is 12.9. The summed E-state index contributed by atoms with van der Waals surface area (Å²) in [6.45, 7) is 0. The molecule has 1 aromatic rings. The molecular formula is C11H10FNO2S. The first-order valence-electron chi connectivity index (χ1n) is 4.90. The Hall–Kier alpha value is -1.36. The van der Waals surface area contributed by atoms with Gasteiger partial charge in [0.1, 0.15) is 5.82 Å². The van der Waals surface area contributed by atoms with Gasteiger partial charge in [0.15, 0.2) is 0 Å². The third kappa shape index (κ3) is 2.41. The van der Waals surface area contributed by atoms with Crippen LogP contribution in [0.5, 0.6) is 0 Å². The van der Waals surface area contributed by atoms with E-state index in [0.29, 0.717) is 6.42 Å². The van der Waals surface area contributed by atoms with Gasteiger partial charge in [-0.1, -0.05) is 17.8 Å². The molecule has 0 aromatic heterocycles. The van der Waals surface area contributed by atoms with Crippen molar-refractivity contribution in [1.29, 1.82) is 0 Å². The lowest BCUT2D eigenvalue weighted by Gasteiger charge is -2.09. The number of amides is 1. The van der Waals surface area contributed by atoms with Gasteiger partial charge in [-0.15, -0.1) is 0 Å². The Bertz CT molecular complexity index is 436. The highest BCUT2D eigenvalue weighted by molar-refractivity contribution is 8.14. The van der Waals surface area contributed by atoms with Gasteiger partial charge in [0.2, 0.25) is 5.12 Å². The quantitative estimate of drug-likeness (QED) is 0.852. The molecule has 0 saturated carbocycles. The highest BCUT2D eigenvalue weighted by atomic mass is 32.2. The molecule has 1 unspecified atom stereocenters. The van der Waals surface area contributed by atoms with E-state index >= 15 is 0 Å². The summed E-state index contributed by atoms with van der Waals surface area (Å²) in [5.74, 6) is -0.132. The van der Waals surface area contributed by atoms with Crippen LogP contribution >= 0.6 is 11.8 Å². The molecule has 84 valence electrons. The van der Waals surface area contributed by atoms with Crippen LogP contribution in [-0.2, 0) is 4.79 Å². The molecule has 1 fully saturated rings. The van der Waals surface area contributed by atoms with Gasteiger partial charge in [-0.05, 0) is 24.6 Å². The van der Waals surface area contributed by atoms with Gasteiger partial charge >= 0.3 is 0 Å². The molecule has 1 atom stereocenters. The summed E-state index contributed by atoms with van der Waals surface area (Å²) in [5.41, 5.74) is 0.240. The number of carbonyl (C=O) groups is 2. The van der Waals surface area contributed by atoms with Crippen LogP contribution in [0.15, 0.2) is 24.3 Å². The van der Waals surface area contributed by atoms with Crippen LogP contribution < -0.4 is 5.32 Å². The fourth-order valence-electron chi connectivity index (χ4n) is 1.50. The number of nitrogens with one attached hydrogen (secondary N) is 1. The molecule has 1 heterocycles. The number of benzene rings is 1. The number of halogens is 1. The summed E-state index contributed by atoms with van der Waals surface area (Å²) in [5, 5.41) is 2.57. The van der Waals surface area contributed by atoms with Gasteiger partial charge in [0, 0.05) is 11.3 Å². The van der Waals surface area contributed by atoms with Crippen LogP contribution in [0.25, 0.3) is 0 Å². The molecule has 1 amide bonds. The molecule has 1 aromatic carbocycles. The first kappa shape index (κ1) is 11.1. The van der Waals surface area contributed by atoms with Gasteiger partial charge in [0.25, 0.3) is 5.91 Å². The molecule has 1 aliphatic heterocycles. The summed E-state index contributed by atoms with van der Waals surface area (Å²) in [6.07, 6.45) is 0.643. The minimum absolute atomic E-state index is 0.0234. The van der Waals surface area contributed by atoms with E-state index in [4.69, 9.17) is 0 Å². The summed E-state index contributed by atoms with van der Waals surface area (Å²) < 4.78 is 12.9. The molecule has 2 rings (SSSR count). The molecule has 0 radical (unpaired) electrons. The van der Waals surface area contributed by atoms with Crippen LogP contribution in [0, 0.1) is 5.82 Å². The minimum atomic E-state index is -0.459. The van der Waals surface area contributed by atoms with Crippen LogP contribution in [0.4, 0.5) is 4.39 Å². The van der Waals surface area contributed by atoms with Gasteiger partial charge in [-0.2, -0.15) is 0 Å². The van der Waals surface area contributed by atoms with Crippen molar-refractivity contribution in [3.05, 3.63) is 35.6 Å². The Morgan fingerprint density at radius 1 is 1.50 bits per heavy atom. The fraction of sp³-hybridized carbons (Fsp3) is 0.273. The highest BCUT2D eigenvalue weighted by Crippen LogP contribution is 2.19. The minimum Gasteiger partial charge on any atom is -0.341 e. The Kier molecular flexibility index (Phi) is 3.24. The van der Waals surface area contributed by atoms with Crippen LogP contribution in [-0.4, -0.2) is 22.8 Å². The van der Waals surface area contributed by atoms with Gasteiger partial charge in [-0.25, -0.2) is 4.39 Å². The lowest BCUT2D eigenvalue weighted by Crippen LogP contribution is -2.37.